The van der Waals surface area contributed by atoms with Gasteiger partial charge in [0.05, 0.1) is 5.56 Å². The fourth-order valence-corrected chi connectivity index (χ4v) is 4.12. The third kappa shape index (κ3) is 3.74. The Morgan fingerprint density at radius 2 is 1.42 bits per heavy atom. The summed E-state index contributed by atoms with van der Waals surface area (Å²) in [6.45, 7) is 5.86. The average molecular weight is 363 g/mol. The number of para-hydroxylation sites is 1. The molecule has 3 aromatic carbocycles. The second-order valence-corrected chi connectivity index (χ2v) is 7.46. The van der Waals surface area contributed by atoms with Crippen molar-refractivity contribution in [3.63, 3.8) is 0 Å². The van der Waals surface area contributed by atoms with E-state index in [1.165, 1.54) is 0 Å². The van der Waals surface area contributed by atoms with Crippen molar-refractivity contribution in [2.24, 2.45) is 0 Å². The molecule has 0 amide bonds. The Labute approximate surface area is 154 Å². The second kappa shape index (κ2) is 7.63. The van der Waals surface area contributed by atoms with Crippen LogP contribution in [0.15, 0.2) is 66.7 Å². The molecule has 0 radical (unpaired) electrons. The smallest absolute Gasteiger partial charge is 0.288 e. The molecule has 0 spiro atoms. The summed E-state index contributed by atoms with van der Waals surface area (Å²) in [5.41, 5.74) is 4.03. The highest BCUT2D eigenvalue weighted by Crippen LogP contribution is 2.29. The largest absolute Gasteiger partial charge is 0.598 e. The Kier molecular flexibility index (Phi) is 5.29. The molecule has 26 heavy (non-hydrogen) atoms. The van der Waals surface area contributed by atoms with Gasteiger partial charge in [0, 0.05) is 5.56 Å². The molecule has 0 fully saturated rings. The minimum atomic E-state index is -2.19. The van der Waals surface area contributed by atoms with Crippen LogP contribution in [0.4, 0.5) is 0 Å². The second-order valence-electron chi connectivity index (χ2n) is 6.28. The summed E-state index contributed by atoms with van der Waals surface area (Å²) in [6.07, 6.45) is 0. The van der Waals surface area contributed by atoms with Crippen LogP contribution in [0.25, 0.3) is 0 Å². The first-order chi connectivity index (χ1) is 12.5. The van der Waals surface area contributed by atoms with Crippen molar-refractivity contribution < 1.29 is 13.9 Å². The predicted molar refractivity (Wildman–Crippen MR) is 105 cm³/mol. The molecule has 0 saturated carbocycles. The lowest BCUT2D eigenvalue weighted by Gasteiger charge is -2.10. The Bertz CT molecular complexity index is 955. The molecule has 3 aromatic rings. The van der Waals surface area contributed by atoms with Gasteiger partial charge in [-0.15, -0.1) is 0 Å². The van der Waals surface area contributed by atoms with Crippen molar-refractivity contribution in [3.05, 3.63) is 94.5 Å². The minimum absolute atomic E-state index is 0.129. The first-order valence-electron chi connectivity index (χ1n) is 8.39. The van der Waals surface area contributed by atoms with E-state index < -0.39 is 8.03 Å². The molecule has 1 unspecified atom stereocenters. The number of benzene rings is 3. The van der Waals surface area contributed by atoms with Crippen molar-refractivity contribution in [1.82, 2.24) is 0 Å². The lowest BCUT2D eigenvalue weighted by molar-refractivity contribution is 0.103. The van der Waals surface area contributed by atoms with Crippen molar-refractivity contribution in [1.29, 1.82) is 0 Å². The maximum Gasteiger partial charge on any atom is 0.598 e. The van der Waals surface area contributed by atoms with Crippen molar-refractivity contribution >= 4 is 19.1 Å². The molecule has 0 aliphatic rings. The summed E-state index contributed by atoms with van der Waals surface area (Å²) in [7, 11) is -2.19. The van der Waals surface area contributed by atoms with E-state index in [4.69, 9.17) is 4.52 Å². The molecule has 0 aromatic heterocycles. The standard InChI is InChI=1S/C22H20O3P/c1-15-13-16(2)21(17(3)14-15)22(23)19-11-7-8-12-20(19)26(24)25-18-9-5-4-6-10-18/h4-14H,1-3H3/q+1. The summed E-state index contributed by atoms with van der Waals surface area (Å²) in [5, 5.41) is 0.413. The monoisotopic (exact) mass is 363 g/mol. The van der Waals surface area contributed by atoms with Crippen LogP contribution in [0.2, 0.25) is 0 Å². The van der Waals surface area contributed by atoms with Crippen LogP contribution in [0.5, 0.6) is 5.75 Å². The van der Waals surface area contributed by atoms with Gasteiger partial charge >= 0.3 is 8.03 Å². The highest BCUT2D eigenvalue weighted by Gasteiger charge is 2.31. The average Bonchev–Trinajstić information content (AvgIpc) is 2.61. The molecule has 1 atom stereocenters. The maximum atomic E-state index is 13.2. The molecule has 0 aliphatic carbocycles. The minimum Gasteiger partial charge on any atom is -0.288 e. The van der Waals surface area contributed by atoms with Crippen molar-refractivity contribution in [2.45, 2.75) is 20.8 Å². The fourth-order valence-electron chi connectivity index (χ4n) is 3.12. The topological polar surface area (TPSA) is 43.4 Å². The van der Waals surface area contributed by atoms with Gasteiger partial charge in [-0.25, -0.2) is 0 Å². The summed E-state index contributed by atoms with van der Waals surface area (Å²) in [5.74, 6) is 0.383. The molecule has 4 heteroatoms. The molecule has 0 bridgehead atoms. The van der Waals surface area contributed by atoms with Gasteiger partial charge in [-0.05, 0) is 60.7 Å². The van der Waals surface area contributed by atoms with Gasteiger partial charge in [0.2, 0.25) is 5.30 Å². The first-order valence-corrected chi connectivity index (χ1v) is 9.57. The van der Waals surface area contributed by atoms with E-state index in [-0.39, 0.29) is 5.78 Å². The van der Waals surface area contributed by atoms with E-state index in [1.807, 2.05) is 51.1 Å². The van der Waals surface area contributed by atoms with Crippen LogP contribution in [0, 0.1) is 20.8 Å². The fraction of sp³-hybridized carbons (Fsp3) is 0.136. The first kappa shape index (κ1) is 18.0. The third-order valence-electron chi connectivity index (χ3n) is 4.18. The van der Waals surface area contributed by atoms with Crippen LogP contribution >= 0.6 is 8.03 Å². The van der Waals surface area contributed by atoms with Crippen LogP contribution in [0.3, 0.4) is 0 Å². The van der Waals surface area contributed by atoms with E-state index in [0.717, 1.165) is 16.7 Å². The van der Waals surface area contributed by atoms with E-state index in [2.05, 4.69) is 0 Å². The SMILES string of the molecule is Cc1cc(C)c(C(=O)c2ccccc2[P+](=O)Oc2ccccc2)c(C)c1. The number of hydrogen-bond donors (Lipinski definition) is 0. The molecule has 3 rings (SSSR count). The molecule has 0 aliphatic heterocycles. The number of ketones is 1. The zero-order valence-electron chi connectivity index (χ0n) is 15.0. The number of aryl methyl sites for hydroxylation is 3. The van der Waals surface area contributed by atoms with E-state index >= 15 is 0 Å². The Hall–Kier alpha value is -2.77. The predicted octanol–water partition coefficient (Wildman–Crippen LogP) is 5.29. The Morgan fingerprint density at radius 1 is 0.846 bits per heavy atom. The van der Waals surface area contributed by atoms with Gasteiger partial charge in [0.25, 0.3) is 0 Å². The van der Waals surface area contributed by atoms with Crippen molar-refractivity contribution in [3.8, 4) is 5.75 Å². The van der Waals surface area contributed by atoms with Crippen LogP contribution < -0.4 is 9.83 Å². The highest BCUT2D eigenvalue weighted by atomic mass is 31.1. The van der Waals surface area contributed by atoms with Gasteiger partial charge in [-0.2, -0.15) is 0 Å². The van der Waals surface area contributed by atoms with Gasteiger partial charge in [-0.3, -0.25) is 9.32 Å². The number of carbonyl (C=O) groups excluding carboxylic acids is 1. The van der Waals surface area contributed by atoms with E-state index in [0.29, 0.717) is 22.2 Å². The normalized spacial score (nSPS) is 11.1. The quantitative estimate of drug-likeness (QED) is 0.457. The Balaban J connectivity index is 2.00. The molecule has 0 saturated heterocycles. The molecule has 0 heterocycles. The van der Waals surface area contributed by atoms with Crippen molar-refractivity contribution in [2.75, 3.05) is 0 Å². The maximum absolute atomic E-state index is 13.2. The molecular formula is C22H20O3P+. The summed E-state index contributed by atoms with van der Waals surface area (Å²) < 4.78 is 18.3. The zero-order chi connectivity index (χ0) is 18.7. The molecule has 0 N–H and O–H groups in total. The third-order valence-corrected chi connectivity index (χ3v) is 5.34. The zero-order valence-corrected chi connectivity index (χ0v) is 15.9. The van der Waals surface area contributed by atoms with Crippen LogP contribution in [-0.2, 0) is 4.57 Å². The van der Waals surface area contributed by atoms with Gasteiger partial charge < -0.3 is 0 Å². The van der Waals surface area contributed by atoms with Gasteiger partial charge in [0.1, 0.15) is 0 Å². The lowest BCUT2D eigenvalue weighted by atomic mass is 9.93. The lowest BCUT2D eigenvalue weighted by Crippen LogP contribution is -2.16. The van der Waals surface area contributed by atoms with Crippen LogP contribution in [0.1, 0.15) is 32.6 Å². The molecule has 130 valence electrons. The summed E-state index contributed by atoms with van der Waals surface area (Å²) in [6, 6.07) is 19.9. The van der Waals surface area contributed by atoms with Crippen LogP contribution in [-0.4, -0.2) is 5.78 Å². The van der Waals surface area contributed by atoms with E-state index in [9.17, 15) is 9.36 Å². The van der Waals surface area contributed by atoms with Gasteiger partial charge in [-0.1, -0.05) is 48.0 Å². The number of rotatable bonds is 5. The Morgan fingerprint density at radius 3 is 2.08 bits per heavy atom. The molecule has 3 nitrogen and oxygen atoms in total. The summed E-state index contributed by atoms with van der Waals surface area (Å²) >= 11 is 0. The molecular weight excluding hydrogens is 343 g/mol. The number of carbonyl (C=O) groups is 1. The number of hydrogen-bond acceptors (Lipinski definition) is 3. The highest BCUT2D eigenvalue weighted by molar-refractivity contribution is 7.49. The van der Waals surface area contributed by atoms with Gasteiger partial charge in [0.15, 0.2) is 11.5 Å². The van der Waals surface area contributed by atoms with E-state index in [1.54, 1.807) is 36.4 Å². The summed E-state index contributed by atoms with van der Waals surface area (Å²) in [4.78, 5) is 13.2.